The summed E-state index contributed by atoms with van der Waals surface area (Å²) in [6.07, 6.45) is 13.8. The fourth-order valence-corrected chi connectivity index (χ4v) is 6.78. The van der Waals surface area contributed by atoms with Crippen molar-refractivity contribution in [2.24, 2.45) is 5.92 Å². The second kappa shape index (κ2) is 8.43. The molecule has 6 aromatic carbocycles. The molecule has 8 rings (SSSR count). The van der Waals surface area contributed by atoms with Crippen molar-refractivity contribution in [3.05, 3.63) is 151 Å². The Kier molecular flexibility index (Phi) is 4.75. The smallest absolute Gasteiger partial charge is 0.0131 e. The summed E-state index contributed by atoms with van der Waals surface area (Å²) in [7, 11) is 0. The van der Waals surface area contributed by atoms with E-state index in [1.54, 1.807) is 0 Å². The second-order valence-electron chi connectivity index (χ2n) is 10.4. The average Bonchev–Trinajstić information content (AvgIpc) is 2.99. The Hall–Kier alpha value is -4.68. The van der Waals surface area contributed by atoms with Crippen LogP contribution < -0.4 is 0 Å². The third-order valence-electron chi connectivity index (χ3n) is 8.39. The number of hydrogen-bond donors (Lipinski definition) is 0. The SMILES string of the molecule is C1=CC2C=Cc3cc(-c4c5ccccc5c(-c5ccccc5)c5ccccc45)c4ccccc4c3C2C=C1. The van der Waals surface area contributed by atoms with Crippen molar-refractivity contribution in [1.29, 1.82) is 0 Å². The van der Waals surface area contributed by atoms with Crippen LogP contribution in [0.1, 0.15) is 17.0 Å². The molecule has 0 aliphatic heterocycles. The zero-order chi connectivity index (χ0) is 25.1. The quantitative estimate of drug-likeness (QED) is 0.215. The molecular formula is C38H26. The highest BCUT2D eigenvalue weighted by Gasteiger charge is 2.27. The van der Waals surface area contributed by atoms with E-state index in [-0.39, 0.29) is 0 Å². The highest BCUT2D eigenvalue weighted by atomic mass is 14.3. The lowest BCUT2D eigenvalue weighted by Gasteiger charge is -2.30. The zero-order valence-electron chi connectivity index (χ0n) is 21.0. The Balaban J connectivity index is 1.53. The molecule has 0 saturated heterocycles. The molecule has 0 amide bonds. The van der Waals surface area contributed by atoms with Crippen molar-refractivity contribution < 1.29 is 0 Å². The standard InChI is InChI=1S/C38H26/c1-2-13-26(14-3-1)36-31-18-8-10-20-33(31)38(34-21-11-9-19-32(34)36)35-24-27-23-22-25-12-4-5-15-28(25)37(27)30-17-7-6-16-29(30)35/h1-25,28H. The normalized spacial score (nSPS) is 17.7. The van der Waals surface area contributed by atoms with Gasteiger partial charge < -0.3 is 0 Å². The van der Waals surface area contributed by atoms with Crippen LogP contribution in [0.4, 0.5) is 0 Å². The van der Waals surface area contributed by atoms with Crippen LogP contribution in [0, 0.1) is 5.92 Å². The molecule has 178 valence electrons. The van der Waals surface area contributed by atoms with Gasteiger partial charge in [-0.2, -0.15) is 0 Å². The predicted molar refractivity (Wildman–Crippen MR) is 163 cm³/mol. The van der Waals surface area contributed by atoms with Gasteiger partial charge in [0.15, 0.2) is 0 Å². The van der Waals surface area contributed by atoms with E-state index in [2.05, 4.69) is 146 Å². The van der Waals surface area contributed by atoms with Crippen LogP contribution in [0.3, 0.4) is 0 Å². The largest absolute Gasteiger partial charge is 0.0767 e. The van der Waals surface area contributed by atoms with Crippen molar-refractivity contribution in [3.63, 3.8) is 0 Å². The fraction of sp³-hybridized carbons (Fsp3) is 0.0526. The van der Waals surface area contributed by atoms with Crippen LogP contribution in [-0.2, 0) is 0 Å². The molecule has 0 spiro atoms. The van der Waals surface area contributed by atoms with Gasteiger partial charge in [-0.05, 0) is 71.8 Å². The van der Waals surface area contributed by atoms with Crippen molar-refractivity contribution in [2.45, 2.75) is 5.92 Å². The molecular weight excluding hydrogens is 456 g/mol. The van der Waals surface area contributed by atoms with Gasteiger partial charge >= 0.3 is 0 Å². The van der Waals surface area contributed by atoms with Gasteiger partial charge in [-0.3, -0.25) is 0 Å². The van der Waals surface area contributed by atoms with Crippen LogP contribution in [0.15, 0.2) is 140 Å². The number of rotatable bonds is 2. The van der Waals surface area contributed by atoms with Gasteiger partial charge in [-0.25, -0.2) is 0 Å². The molecule has 0 aromatic heterocycles. The molecule has 2 atom stereocenters. The van der Waals surface area contributed by atoms with E-state index in [1.165, 1.54) is 65.7 Å². The Morgan fingerprint density at radius 1 is 0.447 bits per heavy atom. The van der Waals surface area contributed by atoms with Gasteiger partial charge in [0, 0.05) is 11.8 Å². The van der Waals surface area contributed by atoms with Crippen LogP contribution >= 0.6 is 0 Å². The molecule has 2 aliphatic carbocycles. The molecule has 0 radical (unpaired) electrons. The maximum absolute atomic E-state index is 2.45. The highest BCUT2D eigenvalue weighted by molar-refractivity contribution is 6.23. The van der Waals surface area contributed by atoms with Gasteiger partial charge in [-0.15, -0.1) is 0 Å². The van der Waals surface area contributed by atoms with Crippen LogP contribution in [0.25, 0.3) is 60.6 Å². The van der Waals surface area contributed by atoms with E-state index < -0.39 is 0 Å². The van der Waals surface area contributed by atoms with E-state index in [0.29, 0.717) is 11.8 Å². The first-order valence-electron chi connectivity index (χ1n) is 13.5. The van der Waals surface area contributed by atoms with E-state index >= 15 is 0 Å². The highest BCUT2D eigenvalue weighted by Crippen LogP contribution is 2.49. The molecule has 0 heteroatoms. The Bertz CT molecular complexity index is 1910. The zero-order valence-corrected chi connectivity index (χ0v) is 21.0. The van der Waals surface area contributed by atoms with Gasteiger partial charge in [0.05, 0.1) is 0 Å². The summed E-state index contributed by atoms with van der Waals surface area (Å²) in [4.78, 5) is 0. The van der Waals surface area contributed by atoms with E-state index in [1.807, 2.05) is 0 Å². The molecule has 0 bridgehead atoms. The van der Waals surface area contributed by atoms with Crippen molar-refractivity contribution in [1.82, 2.24) is 0 Å². The number of benzene rings is 6. The molecule has 0 fully saturated rings. The Labute approximate surface area is 222 Å². The summed E-state index contributed by atoms with van der Waals surface area (Å²) < 4.78 is 0. The second-order valence-corrected chi connectivity index (χ2v) is 10.4. The molecule has 0 nitrogen and oxygen atoms in total. The lowest BCUT2D eigenvalue weighted by Crippen LogP contribution is -2.14. The average molecular weight is 483 g/mol. The molecule has 0 N–H and O–H groups in total. The van der Waals surface area contributed by atoms with Gasteiger partial charge in [0.25, 0.3) is 0 Å². The first-order valence-corrected chi connectivity index (χ1v) is 13.5. The maximum Gasteiger partial charge on any atom is 0.0131 e. The maximum atomic E-state index is 2.45. The van der Waals surface area contributed by atoms with Crippen LogP contribution in [0.5, 0.6) is 0 Å². The van der Waals surface area contributed by atoms with Crippen LogP contribution in [0.2, 0.25) is 0 Å². The molecule has 2 aliphatic rings. The first-order chi connectivity index (χ1) is 18.9. The topological polar surface area (TPSA) is 0 Å². The number of fused-ring (bicyclic) bond motifs is 7. The summed E-state index contributed by atoms with van der Waals surface area (Å²) in [6, 6.07) is 40.2. The van der Waals surface area contributed by atoms with Crippen molar-refractivity contribution in [3.8, 4) is 22.3 Å². The predicted octanol–water partition coefficient (Wildman–Crippen LogP) is 10.3. The third-order valence-corrected chi connectivity index (χ3v) is 8.39. The Morgan fingerprint density at radius 3 is 1.68 bits per heavy atom. The molecule has 38 heavy (non-hydrogen) atoms. The molecule has 0 heterocycles. The number of hydrogen-bond acceptors (Lipinski definition) is 0. The van der Waals surface area contributed by atoms with Crippen molar-refractivity contribution >= 4 is 38.4 Å². The van der Waals surface area contributed by atoms with Crippen LogP contribution in [-0.4, -0.2) is 0 Å². The van der Waals surface area contributed by atoms with E-state index in [0.717, 1.165) is 0 Å². The van der Waals surface area contributed by atoms with Gasteiger partial charge in [0.2, 0.25) is 0 Å². The number of allylic oxidation sites excluding steroid dienone is 5. The van der Waals surface area contributed by atoms with Gasteiger partial charge in [0.1, 0.15) is 0 Å². The minimum absolute atomic E-state index is 0.382. The lowest BCUT2D eigenvalue weighted by atomic mass is 9.74. The summed E-state index contributed by atoms with van der Waals surface area (Å²) in [5.41, 5.74) is 7.99. The van der Waals surface area contributed by atoms with Gasteiger partial charge in [-0.1, -0.05) is 140 Å². The molecule has 0 saturated carbocycles. The summed E-state index contributed by atoms with van der Waals surface area (Å²) in [6.45, 7) is 0. The third kappa shape index (κ3) is 3.10. The molecule has 2 unspecified atom stereocenters. The Morgan fingerprint density at radius 2 is 1.00 bits per heavy atom. The monoisotopic (exact) mass is 482 g/mol. The summed E-state index contributed by atoms with van der Waals surface area (Å²) in [5, 5.41) is 7.88. The van der Waals surface area contributed by atoms with E-state index in [9.17, 15) is 0 Å². The lowest BCUT2D eigenvalue weighted by molar-refractivity contribution is 0.697. The summed E-state index contributed by atoms with van der Waals surface area (Å²) >= 11 is 0. The van der Waals surface area contributed by atoms with E-state index in [4.69, 9.17) is 0 Å². The first kappa shape index (κ1) is 21.4. The summed E-state index contributed by atoms with van der Waals surface area (Å²) in [5.74, 6) is 0.807. The minimum Gasteiger partial charge on any atom is -0.0767 e. The fourth-order valence-electron chi connectivity index (χ4n) is 6.78. The van der Waals surface area contributed by atoms with Crippen molar-refractivity contribution in [2.75, 3.05) is 0 Å². The molecule has 6 aromatic rings. The minimum atomic E-state index is 0.382.